The van der Waals surface area contributed by atoms with Crippen molar-refractivity contribution in [2.24, 2.45) is 0 Å². The predicted molar refractivity (Wildman–Crippen MR) is 139 cm³/mol. The first kappa shape index (κ1) is 23.7. The van der Waals surface area contributed by atoms with E-state index in [0.717, 1.165) is 11.4 Å². The first-order valence-electron chi connectivity index (χ1n) is 11.5. The van der Waals surface area contributed by atoms with Gasteiger partial charge in [-0.3, -0.25) is 14.5 Å². The normalized spacial score (nSPS) is 16.6. The molecular weight excluding hydrogens is 472 g/mol. The number of aliphatic hydroxyl groups is 1. The lowest BCUT2D eigenvalue weighted by atomic mass is 9.98. The lowest BCUT2D eigenvalue weighted by Crippen LogP contribution is -2.29. The molecule has 4 aromatic rings. The average Bonchev–Trinajstić information content (AvgIpc) is 3.56. The number of nitrogens with zero attached hydrogens (tertiary/aromatic N) is 1. The van der Waals surface area contributed by atoms with Crippen LogP contribution in [-0.2, 0) is 9.59 Å². The van der Waals surface area contributed by atoms with E-state index in [1.165, 1.54) is 25.4 Å². The molecule has 1 saturated heterocycles. The Morgan fingerprint density at radius 1 is 0.892 bits per heavy atom. The zero-order valence-electron chi connectivity index (χ0n) is 20.2. The average molecular weight is 497 g/mol. The number of Topliss-reactive ketones (excluding diaryl/α,β-unsaturated/α-hetero) is 1. The number of ketones is 1. The Bertz CT molecular complexity index is 1460. The summed E-state index contributed by atoms with van der Waals surface area (Å²) in [6, 6.07) is 23.9. The fraction of sp³-hybridized carbons (Fsp3) is 0.103. The van der Waals surface area contributed by atoms with Crippen molar-refractivity contribution in [3.05, 3.63) is 108 Å². The Morgan fingerprint density at radius 3 is 2.27 bits per heavy atom. The van der Waals surface area contributed by atoms with E-state index in [2.05, 4.69) is 5.32 Å². The summed E-state index contributed by atoms with van der Waals surface area (Å²) in [4.78, 5) is 28.0. The number of hydrogen-bond donors (Lipinski definition) is 2. The van der Waals surface area contributed by atoms with Crippen LogP contribution in [0.4, 0.5) is 17.1 Å². The minimum Gasteiger partial charge on any atom is -0.507 e. The molecule has 0 radical (unpaired) electrons. The molecule has 0 spiro atoms. The molecule has 1 amide bonds. The van der Waals surface area contributed by atoms with Crippen molar-refractivity contribution in [2.75, 3.05) is 24.4 Å². The number of benzene rings is 3. The number of amides is 1. The smallest absolute Gasteiger partial charge is 0.300 e. The second-order valence-corrected chi connectivity index (χ2v) is 8.29. The van der Waals surface area contributed by atoms with Gasteiger partial charge >= 0.3 is 0 Å². The van der Waals surface area contributed by atoms with Gasteiger partial charge in [0.25, 0.3) is 11.7 Å². The van der Waals surface area contributed by atoms with Crippen LogP contribution in [0.3, 0.4) is 0 Å². The molecule has 1 atom stereocenters. The molecule has 1 aliphatic heterocycles. The van der Waals surface area contributed by atoms with E-state index in [1.54, 1.807) is 42.5 Å². The van der Waals surface area contributed by atoms with Crippen molar-refractivity contribution in [3.8, 4) is 11.5 Å². The lowest BCUT2D eigenvalue weighted by Gasteiger charge is -2.24. The molecule has 186 valence electrons. The van der Waals surface area contributed by atoms with Crippen LogP contribution < -0.4 is 19.7 Å². The quantitative estimate of drug-likeness (QED) is 0.193. The highest BCUT2D eigenvalue weighted by Crippen LogP contribution is 2.44. The van der Waals surface area contributed by atoms with Gasteiger partial charge in [-0.25, -0.2) is 0 Å². The monoisotopic (exact) mass is 496 g/mol. The fourth-order valence-corrected chi connectivity index (χ4v) is 4.35. The Labute approximate surface area is 213 Å². The Kier molecular flexibility index (Phi) is 6.38. The molecule has 0 bridgehead atoms. The third-order valence-electron chi connectivity index (χ3n) is 6.13. The van der Waals surface area contributed by atoms with Gasteiger partial charge in [0.1, 0.15) is 29.1 Å². The number of furan rings is 1. The van der Waals surface area contributed by atoms with Gasteiger partial charge < -0.3 is 24.3 Å². The molecule has 0 saturated carbocycles. The molecule has 1 fully saturated rings. The van der Waals surface area contributed by atoms with Gasteiger partial charge in [-0.1, -0.05) is 18.2 Å². The van der Waals surface area contributed by atoms with Gasteiger partial charge in [0.2, 0.25) is 0 Å². The van der Waals surface area contributed by atoms with Crippen LogP contribution in [0.1, 0.15) is 17.4 Å². The van der Waals surface area contributed by atoms with E-state index in [0.29, 0.717) is 17.2 Å². The molecule has 5 rings (SSSR count). The van der Waals surface area contributed by atoms with Crippen molar-refractivity contribution in [1.82, 2.24) is 0 Å². The number of aliphatic hydroxyl groups excluding tert-OH is 1. The number of hydrogen-bond acceptors (Lipinski definition) is 7. The summed E-state index contributed by atoms with van der Waals surface area (Å²) in [7, 11) is 2.95. The van der Waals surface area contributed by atoms with E-state index in [-0.39, 0.29) is 22.6 Å². The van der Waals surface area contributed by atoms with E-state index in [4.69, 9.17) is 13.9 Å². The fourth-order valence-electron chi connectivity index (χ4n) is 4.35. The number of carbonyl (C=O) groups excluding carboxylic acids is 2. The van der Waals surface area contributed by atoms with Crippen molar-refractivity contribution in [2.45, 2.75) is 6.04 Å². The summed E-state index contributed by atoms with van der Waals surface area (Å²) in [6.07, 6.45) is 1.45. The second-order valence-electron chi connectivity index (χ2n) is 8.29. The van der Waals surface area contributed by atoms with Gasteiger partial charge in [-0.05, 0) is 60.7 Å². The van der Waals surface area contributed by atoms with Crippen LogP contribution >= 0.6 is 0 Å². The Hall–Kier alpha value is -4.98. The minimum atomic E-state index is -0.977. The summed E-state index contributed by atoms with van der Waals surface area (Å²) in [6.45, 7) is 0. The van der Waals surface area contributed by atoms with Crippen LogP contribution in [0.15, 0.2) is 101 Å². The van der Waals surface area contributed by atoms with Gasteiger partial charge in [0.15, 0.2) is 0 Å². The minimum absolute atomic E-state index is 0.102. The Morgan fingerprint density at radius 2 is 1.62 bits per heavy atom. The SMILES string of the molecule is COc1ccc(/C(O)=C2/C(=O)C(=O)N(c3ccc(Nc4ccccc4)cc3)C2c2ccco2)c(OC)c1. The summed E-state index contributed by atoms with van der Waals surface area (Å²) >= 11 is 0. The standard InChI is InChI=1S/C29H24N2O6/c1-35-21-14-15-22(24(17-21)36-2)27(32)25-26(23-9-6-16-37-23)31(29(34)28(25)33)20-12-10-19(11-13-20)30-18-7-4-3-5-8-18/h3-17,26,30,32H,1-2H3/b27-25-. The lowest BCUT2D eigenvalue weighted by molar-refractivity contribution is -0.132. The van der Waals surface area contributed by atoms with Gasteiger partial charge in [0.05, 0.1) is 31.6 Å². The molecule has 8 heteroatoms. The summed E-state index contributed by atoms with van der Waals surface area (Å²) < 4.78 is 16.3. The number of nitrogens with one attached hydrogen (secondary N) is 1. The molecule has 1 aromatic heterocycles. The molecule has 0 aliphatic carbocycles. The molecular formula is C29H24N2O6. The largest absolute Gasteiger partial charge is 0.507 e. The number of anilines is 3. The molecule has 1 aliphatic rings. The van der Waals surface area contributed by atoms with Gasteiger partial charge in [-0.2, -0.15) is 0 Å². The highest BCUT2D eigenvalue weighted by molar-refractivity contribution is 6.51. The zero-order valence-corrected chi connectivity index (χ0v) is 20.2. The maximum absolute atomic E-state index is 13.3. The second kappa shape index (κ2) is 9.94. The van der Waals surface area contributed by atoms with E-state index < -0.39 is 17.7 Å². The molecule has 8 nitrogen and oxygen atoms in total. The highest BCUT2D eigenvalue weighted by Gasteiger charge is 2.48. The summed E-state index contributed by atoms with van der Waals surface area (Å²) in [5, 5.41) is 14.6. The topological polar surface area (TPSA) is 101 Å². The van der Waals surface area contributed by atoms with E-state index in [9.17, 15) is 14.7 Å². The number of rotatable bonds is 7. The van der Waals surface area contributed by atoms with Crippen LogP contribution in [0, 0.1) is 0 Å². The predicted octanol–water partition coefficient (Wildman–Crippen LogP) is 5.67. The first-order valence-corrected chi connectivity index (χ1v) is 11.5. The maximum atomic E-state index is 13.3. The summed E-state index contributed by atoms with van der Waals surface area (Å²) in [5.41, 5.74) is 2.35. The van der Waals surface area contributed by atoms with Crippen LogP contribution in [-0.4, -0.2) is 31.0 Å². The molecule has 37 heavy (non-hydrogen) atoms. The van der Waals surface area contributed by atoms with Crippen LogP contribution in [0.2, 0.25) is 0 Å². The number of para-hydroxylation sites is 1. The first-order chi connectivity index (χ1) is 18.0. The number of carbonyl (C=O) groups is 2. The van der Waals surface area contributed by atoms with Crippen LogP contribution in [0.5, 0.6) is 11.5 Å². The van der Waals surface area contributed by atoms with Crippen molar-refractivity contribution < 1.29 is 28.6 Å². The Balaban J connectivity index is 1.58. The van der Waals surface area contributed by atoms with Crippen LogP contribution in [0.25, 0.3) is 5.76 Å². The van der Waals surface area contributed by atoms with Crippen molar-refractivity contribution in [1.29, 1.82) is 0 Å². The summed E-state index contributed by atoms with van der Waals surface area (Å²) in [5.74, 6) is -0.843. The third-order valence-corrected chi connectivity index (χ3v) is 6.13. The van der Waals surface area contributed by atoms with Crippen molar-refractivity contribution >= 4 is 34.5 Å². The molecule has 1 unspecified atom stereocenters. The molecule has 3 aromatic carbocycles. The third kappa shape index (κ3) is 4.40. The van der Waals surface area contributed by atoms with Gasteiger partial charge in [0, 0.05) is 23.1 Å². The van der Waals surface area contributed by atoms with Gasteiger partial charge in [-0.15, -0.1) is 0 Å². The highest BCUT2D eigenvalue weighted by atomic mass is 16.5. The zero-order chi connectivity index (χ0) is 25.9. The number of methoxy groups -OCH3 is 2. The maximum Gasteiger partial charge on any atom is 0.300 e. The molecule has 2 heterocycles. The number of ether oxygens (including phenoxy) is 2. The van der Waals surface area contributed by atoms with Crippen molar-refractivity contribution in [3.63, 3.8) is 0 Å². The van der Waals surface area contributed by atoms with E-state index >= 15 is 0 Å². The van der Waals surface area contributed by atoms with E-state index in [1.807, 2.05) is 42.5 Å². The molecule has 2 N–H and O–H groups in total.